The molecule has 0 aliphatic rings. The molecular weight excluding hydrogens is 472 g/mol. The van der Waals surface area contributed by atoms with Crippen LogP contribution in [0.5, 0.6) is 11.5 Å². The summed E-state index contributed by atoms with van der Waals surface area (Å²) >= 11 is 16.6. The summed E-state index contributed by atoms with van der Waals surface area (Å²) in [6, 6.07) is 2.70. The molecule has 2 aromatic rings. The first kappa shape index (κ1) is 28.9. The average molecular weight is 501 g/mol. The maximum absolute atomic E-state index is 11.9. The average Bonchev–Trinajstić information content (AvgIpc) is 2.61. The first-order valence-electron chi connectivity index (χ1n) is 9.27. The highest BCUT2D eigenvalue weighted by molar-refractivity contribution is 6.18. The van der Waals surface area contributed by atoms with Crippen LogP contribution in [0, 0.1) is 6.92 Å². The lowest BCUT2D eigenvalue weighted by Crippen LogP contribution is -2.29. The Kier molecular flexibility index (Phi) is 14.3. The van der Waals surface area contributed by atoms with Gasteiger partial charge in [-0.05, 0) is 27.2 Å². The number of rotatable bonds is 8. The van der Waals surface area contributed by atoms with E-state index >= 15 is 0 Å². The second-order valence-corrected chi connectivity index (χ2v) is 7.85. The summed E-state index contributed by atoms with van der Waals surface area (Å²) in [4.78, 5) is 14.1. The maximum atomic E-state index is 11.9. The van der Waals surface area contributed by atoms with Gasteiger partial charge < -0.3 is 14.6 Å². The number of hydrogen-bond donors (Lipinski definition) is 2. The molecular formula is C21H29Cl4NO4. The zero-order valence-electron chi connectivity index (χ0n) is 17.4. The molecule has 170 valence electrons. The Hall–Kier alpha value is -1.11. The lowest BCUT2D eigenvalue weighted by atomic mass is 10.0. The van der Waals surface area contributed by atoms with Crippen molar-refractivity contribution < 1.29 is 14.6 Å². The van der Waals surface area contributed by atoms with Crippen molar-refractivity contribution in [3.63, 3.8) is 0 Å². The van der Waals surface area contributed by atoms with Crippen LogP contribution >= 0.6 is 47.2 Å². The van der Waals surface area contributed by atoms with Gasteiger partial charge in [0, 0.05) is 55.0 Å². The van der Waals surface area contributed by atoms with Crippen LogP contribution in [0.1, 0.15) is 25.2 Å². The van der Waals surface area contributed by atoms with Crippen LogP contribution in [0.25, 0.3) is 11.0 Å². The summed E-state index contributed by atoms with van der Waals surface area (Å²) in [5.41, 5.74) is 1.29. The van der Waals surface area contributed by atoms with E-state index in [1.807, 2.05) is 19.9 Å². The Labute approximate surface area is 198 Å². The van der Waals surface area contributed by atoms with E-state index in [9.17, 15) is 15.0 Å². The first-order chi connectivity index (χ1) is 13.7. The SMILES string of the molecule is CC(C)=CCc1c(O)cc2oc(C)cc(=O)c2c1O.Cl.ClCCN(CCCl)CCCl. The molecule has 1 aromatic carbocycles. The van der Waals surface area contributed by atoms with E-state index in [4.69, 9.17) is 39.2 Å². The number of fused-ring (bicyclic) bond motifs is 1. The highest BCUT2D eigenvalue weighted by Crippen LogP contribution is 2.34. The minimum absolute atomic E-state index is 0. The van der Waals surface area contributed by atoms with Gasteiger partial charge in [0.2, 0.25) is 0 Å². The predicted octanol–water partition coefficient (Wildman–Crippen LogP) is 5.45. The maximum Gasteiger partial charge on any atom is 0.196 e. The number of hydrogen-bond acceptors (Lipinski definition) is 5. The Morgan fingerprint density at radius 1 is 1.07 bits per heavy atom. The molecule has 1 aromatic heterocycles. The lowest BCUT2D eigenvalue weighted by molar-refractivity contribution is 0.327. The van der Waals surface area contributed by atoms with Gasteiger partial charge in [-0.2, -0.15) is 0 Å². The molecule has 30 heavy (non-hydrogen) atoms. The molecule has 0 amide bonds. The topological polar surface area (TPSA) is 73.9 Å². The zero-order chi connectivity index (χ0) is 22.0. The number of phenolic OH excluding ortho intramolecular Hbond substituents is 2. The standard InChI is InChI=1S/C15H16O4.C6H12Cl3N.ClH/c1-8(2)4-5-10-11(16)7-13-14(15(10)18)12(17)6-9(3)19-13;7-1-4-10(5-2-8)6-3-9;/h4,6-7,16,18H,5H2,1-3H3;1-6H2;1H. The number of nitrogens with zero attached hydrogens (tertiary/aromatic N) is 1. The number of halogens is 4. The van der Waals surface area contributed by atoms with E-state index in [-0.39, 0.29) is 40.3 Å². The van der Waals surface area contributed by atoms with Gasteiger partial charge in [0.05, 0.1) is 0 Å². The van der Waals surface area contributed by atoms with Crippen molar-refractivity contribution in [2.24, 2.45) is 0 Å². The van der Waals surface area contributed by atoms with E-state index in [1.165, 1.54) is 12.1 Å². The fourth-order valence-corrected chi connectivity index (χ4v) is 3.37. The Bertz CT molecular complexity index is 865. The minimum atomic E-state index is -0.310. The molecule has 1 heterocycles. The van der Waals surface area contributed by atoms with Crippen LogP contribution in [0.4, 0.5) is 0 Å². The molecule has 0 aliphatic heterocycles. The quantitative estimate of drug-likeness (QED) is 0.372. The van der Waals surface area contributed by atoms with Crippen LogP contribution in [0.3, 0.4) is 0 Å². The Balaban J connectivity index is 0.000000658. The van der Waals surface area contributed by atoms with Gasteiger partial charge in [0.1, 0.15) is 28.2 Å². The molecule has 0 fully saturated rings. The van der Waals surface area contributed by atoms with Gasteiger partial charge in [0.15, 0.2) is 5.43 Å². The summed E-state index contributed by atoms with van der Waals surface area (Å²) in [6.07, 6.45) is 2.24. The van der Waals surface area contributed by atoms with Crippen molar-refractivity contribution in [3.05, 3.63) is 45.3 Å². The summed E-state index contributed by atoms with van der Waals surface area (Å²) in [7, 11) is 0. The van der Waals surface area contributed by atoms with E-state index in [2.05, 4.69) is 4.90 Å². The summed E-state index contributed by atoms with van der Waals surface area (Å²) < 4.78 is 5.35. The Morgan fingerprint density at radius 2 is 1.60 bits per heavy atom. The van der Waals surface area contributed by atoms with E-state index in [0.29, 0.717) is 35.4 Å². The van der Waals surface area contributed by atoms with Gasteiger partial charge in [-0.1, -0.05) is 11.6 Å². The van der Waals surface area contributed by atoms with Crippen LogP contribution in [-0.2, 0) is 6.42 Å². The fourth-order valence-electron chi connectivity index (χ4n) is 2.65. The van der Waals surface area contributed by atoms with Gasteiger partial charge >= 0.3 is 0 Å². The largest absolute Gasteiger partial charge is 0.507 e. The molecule has 0 unspecified atom stereocenters. The van der Waals surface area contributed by atoms with Crippen LogP contribution in [0.2, 0.25) is 0 Å². The van der Waals surface area contributed by atoms with Crippen LogP contribution in [0.15, 0.2) is 33.0 Å². The molecule has 2 N–H and O–H groups in total. The monoisotopic (exact) mass is 499 g/mol. The van der Waals surface area contributed by atoms with Crippen molar-refractivity contribution in [2.75, 3.05) is 37.3 Å². The van der Waals surface area contributed by atoms with E-state index in [1.54, 1.807) is 6.92 Å². The van der Waals surface area contributed by atoms with E-state index in [0.717, 1.165) is 25.2 Å². The second kappa shape index (κ2) is 14.8. The van der Waals surface area contributed by atoms with Crippen molar-refractivity contribution in [1.82, 2.24) is 4.90 Å². The fraction of sp³-hybridized carbons (Fsp3) is 0.476. The Morgan fingerprint density at radius 3 is 2.07 bits per heavy atom. The molecule has 5 nitrogen and oxygen atoms in total. The summed E-state index contributed by atoms with van der Waals surface area (Å²) in [5.74, 6) is 2.10. The van der Waals surface area contributed by atoms with Gasteiger partial charge in [-0.25, -0.2) is 0 Å². The number of aromatic hydroxyl groups is 2. The molecule has 0 radical (unpaired) electrons. The molecule has 0 spiro atoms. The second-order valence-electron chi connectivity index (χ2n) is 6.71. The third-order valence-corrected chi connectivity index (χ3v) is 4.62. The van der Waals surface area contributed by atoms with Crippen molar-refractivity contribution in [1.29, 1.82) is 0 Å². The molecule has 0 bridgehead atoms. The minimum Gasteiger partial charge on any atom is -0.507 e. The van der Waals surface area contributed by atoms with Crippen molar-refractivity contribution >= 4 is 58.2 Å². The number of alkyl halides is 3. The number of aryl methyl sites for hydroxylation is 1. The number of benzene rings is 1. The lowest BCUT2D eigenvalue weighted by Gasteiger charge is -2.17. The molecule has 9 heteroatoms. The van der Waals surface area contributed by atoms with E-state index < -0.39 is 0 Å². The van der Waals surface area contributed by atoms with Crippen molar-refractivity contribution in [2.45, 2.75) is 27.2 Å². The van der Waals surface area contributed by atoms with Gasteiger partial charge in [0.25, 0.3) is 0 Å². The number of allylic oxidation sites excluding steroid dienone is 2. The third-order valence-electron chi connectivity index (χ3n) is 4.11. The van der Waals surface area contributed by atoms with Gasteiger partial charge in [-0.3, -0.25) is 9.69 Å². The first-order valence-corrected chi connectivity index (χ1v) is 10.9. The smallest absolute Gasteiger partial charge is 0.196 e. The van der Waals surface area contributed by atoms with Crippen molar-refractivity contribution in [3.8, 4) is 11.5 Å². The molecule has 2 rings (SSSR count). The van der Waals surface area contributed by atoms with Crippen LogP contribution < -0.4 is 5.43 Å². The highest BCUT2D eigenvalue weighted by atomic mass is 35.5. The summed E-state index contributed by atoms with van der Waals surface area (Å²) in [6.45, 7) is 8.12. The molecule has 0 saturated heterocycles. The molecule has 0 aliphatic carbocycles. The summed E-state index contributed by atoms with van der Waals surface area (Å²) in [5, 5.41) is 20.2. The predicted molar refractivity (Wildman–Crippen MR) is 130 cm³/mol. The van der Waals surface area contributed by atoms with Gasteiger partial charge in [-0.15, -0.1) is 47.2 Å². The molecule has 0 saturated carbocycles. The zero-order valence-corrected chi connectivity index (χ0v) is 20.5. The normalized spacial score (nSPS) is 10.4. The molecule has 0 atom stereocenters. The third kappa shape index (κ3) is 8.94. The highest BCUT2D eigenvalue weighted by Gasteiger charge is 2.15. The number of phenols is 2. The van der Waals surface area contributed by atoms with Crippen LogP contribution in [-0.4, -0.2) is 52.4 Å².